The van der Waals surface area contributed by atoms with Gasteiger partial charge in [-0.15, -0.1) is 11.3 Å². The first kappa shape index (κ1) is 19.6. The van der Waals surface area contributed by atoms with Crippen molar-refractivity contribution in [2.45, 2.75) is 6.92 Å². The molecule has 0 unspecified atom stereocenters. The Morgan fingerprint density at radius 3 is 2.67 bits per heavy atom. The molecule has 1 heterocycles. The fourth-order valence-corrected chi connectivity index (χ4v) is 4.01. The predicted octanol–water partition coefficient (Wildman–Crippen LogP) is 4.99. The van der Waals surface area contributed by atoms with Gasteiger partial charge in [-0.1, -0.05) is 29.8 Å². The number of fused-ring (bicyclic) bond motifs is 1. The number of carboxylic acid groups (broad SMARTS) is 1. The molecule has 0 saturated carbocycles. The number of amides is 1. The average Bonchev–Trinajstić information content (AvgIpc) is 3.16. The Kier molecular flexibility index (Phi) is 5.45. The van der Waals surface area contributed by atoms with Crippen molar-refractivity contribution in [3.8, 4) is 16.3 Å². The summed E-state index contributed by atoms with van der Waals surface area (Å²) in [5.74, 6) is -0.992. The Bertz CT molecular complexity index is 1220. The highest BCUT2D eigenvalue weighted by Gasteiger charge is 2.15. The van der Waals surface area contributed by atoms with E-state index in [0.29, 0.717) is 27.6 Å². The van der Waals surface area contributed by atoms with Crippen molar-refractivity contribution >= 4 is 39.1 Å². The Balaban J connectivity index is 1.67. The summed E-state index contributed by atoms with van der Waals surface area (Å²) in [7, 11) is 0. The van der Waals surface area contributed by atoms with Gasteiger partial charge >= 0.3 is 5.97 Å². The summed E-state index contributed by atoms with van der Waals surface area (Å²) in [4.78, 5) is 28.2. The highest BCUT2D eigenvalue weighted by atomic mass is 32.1. The second-order valence-corrected chi connectivity index (χ2v) is 7.73. The van der Waals surface area contributed by atoms with E-state index in [1.165, 1.54) is 11.3 Å². The molecule has 1 aromatic heterocycles. The maximum absolute atomic E-state index is 12.6. The first-order valence-electron chi connectivity index (χ1n) is 9.22. The molecule has 30 heavy (non-hydrogen) atoms. The van der Waals surface area contributed by atoms with Crippen LogP contribution in [0.15, 0.2) is 66.7 Å². The number of aromatic nitrogens is 1. The van der Waals surface area contributed by atoms with Crippen molar-refractivity contribution in [1.82, 2.24) is 4.98 Å². The third-order valence-electron chi connectivity index (χ3n) is 4.40. The van der Waals surface area contributed by atoms with Gasteiger partial charge in [-0.05, 0) is 43.3 Å². The van der Waals surface area contributed by atoms with Gasteiger partial charge in [-0.2, -0.15) is 0 Å². The molecule has 6 nitrogen and oxygen atoms in total. The predicted molar refractivity (Wildman–Crippen MR) is 117 cm³/mol. The van der Waals surface area contributed by atoms with E-state index in [2.05, 4.69) is 10.3 Å². The van der Waals surface area contributed by atoms with Crippen molar-refractivity contribution in [2.75, 3.05) is 11.9 Å². The molecule has 0 fully saturated rings. The van der Waals surface area contributed by atoms with E-state index in [-0.39, 0.29) is 5.91 Å². The van der Waals surface area contributed by atoms with Gasteiger partial charge in [0.15, 0.2) is 6.61 Å². The van der Waals surface area contributed by atoms with Gasteiger partial charge in [0, 0.05) is 17.3 Å². The van der Waals surface area contributed by atoms with Gasteiger partial charge in [0.1, 0.15) is 10.8 Å². The van der Waals surface area contributed by atoms with Crippen LogP contribution in [0.4, 0.5) is 5.69 Å². The summed E-state index contributed by atoms with van der Waals surface area (Å²) in [6.45, 7) is 1.43. The lowest BCUT2D eigenvalue weighted by Gasteiger charge is -2.12. The molecule has 7 heteroatoms. The van der Waals surface area contributed by atoms with Crippen LogP contribution in [0.3, 0.4) is 0 Å². The molecular formula is C23H18N2O4S. The molecular weight excluding hydrogens is 400 g/mol. The molecule has 150 valence electrons. The average molecular weight is 418 g/mol. The minimum absolute atomic E-state index is 0.254. The molecule has 0 atom stereocenters. The topological polar surface area (TPSA) is 88.5 Å². The largest absolute Gasteiger partial charge is 0.481 e. The molecule has 4 aromatic rings. The third kappa shape index (κ3) is 4.31. The fourth-order valence-electron chi connectivity index (χ4n) is 3.01. The summed E-state index contributed by atoms with van der Waals surface area (Å²) in [6.07, 6.45) is 0. The number of carboxylic acids is 1. The number of thiazole rings is 1. The smallest absolute Gasteiger partial charge is 0.341 e. The Hall–Kier alpha value is -3.71. The second kappa shape index (κ2) is 8.34. The number of ether oxygens (including phenoxy) is 1. The van der Waals surface area contributed by atoms with Crippen LogP contribution >= 0.6 is 11.3 Å². The first-order valence-corrected chi connectivity index (χ1v) is 10.0. The van der Waals surface area contributed by atoms with E-state index in [1.54, 1.807) is 30.3 Å². The maximum atomic E-state index is 12.6. The lowest BCUT2D eigenvalue weighted by Crippen LogP contribution is -2.13. The van der Waals surface area contributed by atoms with Gasteiger partial charge in [0.25, 0.3) is 5.91 Å². The fraction of sp³-hybridized carbons (Fsp3) is 0.0870. The van der Waals surface area contributed by atoms with E-state index in [9.17, 15) is 9.59 Å². The number of aryl methyl sites for hydroxylation is 1. The molecule has 2 N–H and O–H groups in total. The number of anilines is 1. The second-order valence-electron chi connectivity index (χ2n) is 6.70. The van der Waals surface area contributed by atoms with Crippen LogP contribution in [0.5, 0.6) is 5.75 Å². The molecule has 0 aliphatic rings. The maximum Gasteiger partial charge on any atom is 0.341 e. The first-order chi connectivity index (χ1) is 14.5. The Labute approximate surface area is 176 Å². The Morgan fingerprint density at radius 1 is 1.07 bits per heavy atom. The number of benzene rings is 3. The van der Waals surface area contributed by atoms with E-state index < -0.39 is 12.6 Å². The molecule has 0 spiro atoms. The molecule has 1 amide bonds. The van der Waals surface area contributed by atoms with Crippen LogP contribution in [-0.4, -0.2) is 28.6 Å². The van der Waals surface area contributed by atoms with Crippen LogP contribution in [0, 0.1) is 6.92 Å². The summed E-state index contributed by atoms with van der Waals surface area (Å²) in [5, 5.41) is 12.6. The minimum atomic E-state index is -1.08. The van der Waals surface area contributed by atoms with E-state index >= 15 is 0 Å². The monoisotopic (exact) mass is 418 g/mol. The number of carbonyl (C=O) groups is 2. The van der Waals surface area contributed by atoms with E-state index in [0.717, 1.165) is 15.8 Å². The SMILES string of the molecule is Cc1cccc(C(=O)Nc2ccc(-c3nc4ccccc4s3)c(OCC(=O)O)c2)c1. The minimum Gasteiger partial charge on any atom is -0.481 e. The van der Waals surface area contributed by atoms with Crippen molar-refractivity contribution in [2.24, 2.45) is 0 Å². The normalized spacial score (nSPS) is 10.7. The molecule has 0 saturated heterocycles. The zero-order chi connectivity index (χ0) is 21.1. The van der Waals surface area contributed by atoms with Crippen LogP contribution in [0.25, 0.3) is 20.8 Å². The zero-order valence-electron chi connectivity index (χ0n) is 16.1. The number of hydrogen-bond donors (Lipinski definition) is 2. The number of para-hydroxylation sites is 1. The summed E-state index contributed by atoms with van der Waals surface area (Å²) < 4.78 is 6.53. The molecule has 0 radical (unpaired) electrons. The van der Waals surface area contributed by atoms with Gasteiger partial charge in [-0.25, -0.2) is 9.78 Å². The number of hydrogen-bond acceptors (Lipinski definition) is 5. The highest BCUT2D eigenvalue weighted by Crippen LogP contribution is 2.37. The third-order valence-corrected chi connectivity index (χ3v) is 5.46. The van der Waals surface area contributed by atoms with Gasteiger partial charge in [0.05, 0.1) is 15.8 Å². The lowest BCUT2D eigenvalue weighted by atomic mass is 10.1. The van der Waals surface area contributed by atoms with E-state index in [1.807, 2.05) is 43.3 Å². The number of rotatable bonds is 6. The van der Waals surface area contributed by atoms with Crippen LogP contribution in [-0.2, 0) is 4.79 Å². The molecule has 0 aliphatic heterocycles. The number of aliphatic carboxylic acids is 1. The summed E-state index contributed by atoms with van der Waals surface area (Å²) in [6, 6.07) is 20.2. The van der Waals surface area contributed by atoms with Crippen LogP contribution in [0.1, 0.15) is 15.9 Å². The standard InChI is InChI=1S/C23H18N2O4S/c1-14-5-4-6-15(11-14)22(28)24-16-9-10-17(19(12-16)29-13-21(26)27)23-25-18-7-2-3-8-20(18)30-23/h2-12H,13H2,1H3,(H,24,28)(H,26,27). The molecule has 0 bridgehead atoms. The van der Waals surface area contributed by atoms with Gasteiger partial charge in [-0.3, -0.25) is 4.79 Å². The number of nitrogens with zero attached hydrogens (tertiary/aromatic N) is 1. The Morgan fingerprint density at radius 2 is 1.90 bits per heavy atom. The van der Waals surface area contributed by atoms with Crippen molar-refractivity contribution in [3.63, 3.8) is 0 Å². The quantitative estimate of drug-likeness (QED) is 0.461. The molecule has 0 aliphatic carbocycles. The van der Waals surface area contributed by atoms with Gasteiger partial charge in [0.2, 0.25) is 0 Å². The number of carbonyl (C=O) groups excluding carboxylic acids is 1. The van der Waals surface area contributed by atoms with Crippen molar-refractivity contribution in [3.05, 3.63) is 77.9 Å². The van der Waals surface area contributed by atoms with Gasteiger partial charge < -0.3 is 15.2 Å². The highest BCUT2D eigenvalue weighted by molar-refractivity contribution is 7.21. The van der Waals surface area contributed by atoms with Crippen LogP contribution in [0.2, 0.25) is 0 Å². The lowest BCUT2D eigenvalue weighted by molar-refractivity contribution is -0.139. The van der Waals surface area contributed by atoms with E-state index in [4.69, 9.17) is 9.84 Å². The molecule has 4 rings (SSSR count). The summed E-state index contributed by atoms with van der Waals surface area (Å²) >= 11 is 1.49. The van der Waals surface area contributed by atoms with Crippen molar-refractivity contribution in [1.29, 1.82) is 0 Å². The van der Waals surface area contributed by atoms with Crippen molar-refractivity contribution < 1.29 is 19.4 Å². The molecule has 3 aromatic carbocycles. The number of nitrogens with one attached hydrogen (secondary N) is 1. The summed E-state index contributed by atoms with van der Waals surface area (Å²) in [5.41, 5.74) is 3.56. The van der Waals surface area contributed by atoms with Crippen LogP contribution < -0.4 is 10.1 Å². The zero-order valence-corrected chi connectivity index (χ0v) is 16.9.